The number of carbonyl (C=O) groups excluding carboxylic acids is 3. The van der Waals surface area contributed by atoms with Crippen LogP contribution < -0.4 is 10.6 Å². The minimum absolute atomic E-state index is 0.0365. The van der Waals surface area contributed by atoms with Crippen LogP contribution in [0.15, 0.2) is 54.6 Å². The Balaban J connectivity index is 1.65. The standard InChI is InChI=1S/C20H22N2O3/c1-15-7-5-6-10-17(15)18(23)11-12-19(24)21-13-14-22-20(25)16-8-3-2-4-9-16/h2-10H,11-14H2,1H3,(H,21,24)(H,22,25). The molecule has 0 saturated carbocycles. The van der Waals surface area contributed by atoms with Crippen LogP contribution in [0, 0.1) is 6.92 Å². The van der Waals surface area contributed by atoms with E-state index in [1.54, 1.807) is 30.3 Å². The van der Waals surface area contributed by atoms with E-state index in [1.807, 2.05) is 31.2 Å². The zero-order valence-electron chi connectivity index (χ0n) is 14.2. The Hall–Kier alpha value is -2.95. The molecule has 2 amide bonds. The fraction of sp³-hybridized carbons (Fsp3) is 0.250. The van der Waals surface area contributed by atoms with Crippen LogP contribution in [0.3, 0.4) is 0 Å². The van der Waals surface area contributed by atoms with Crippen molar-refractivity contribution >= 4 is 17.6 Å². The third-order valence-electron chi connectivity index (χ3n) is 3.79. The quantitative estimate of drug-likeness (QED) is 0.574. The molecule has 0 aliphatic carbocycles. The summed E-state index contributed by atoms with van der Waals surface area (Å²) in [4.78, 5) is 35.7. The van der Waals surface area contributed by atoms with Gasteiger partial charge in [-0.1, -0.05) is 42.5 Å². The highest BCUT2D eigenvalue weighted by molar-refractivity contribution is 5.99. The summed E-state index contributed by atoms with van der Waals surface area (Å²) in [5.41, 5.74) is 2.15. The maximum atomic E-state index is 12.1. The molecule has 5 heteroatoms. The summed E-state index contributed by atoms with van der Waals surface area (Å²) >= 11 is 0. The number of hydrogen-bond donors (Lipinski definition) is 2. The Morgan fingerprint density at radius 3 is 2.16 bits per heavy atom. The number of aryl methyl sites for hydroxylation is 1. The van der Waals surface area contributed by atoms with Gasteiger partial charge in [0, 0.05) is 37.1 Å². The summed E-state index contributed by atoms with van der Waals surface area (Å²) in [6.07, 6.45) is 0.312. The van der Waals surface area contributed by atoms with Crippen molar-refractivity contribution in [1.29, 1.82) is 0 Å². The molecule has 0 aliphatic rings. The lowest BCUT2D eigenvalue weighted by Gasteiger charge is -2.08. The van der Waals surface area contributed by atoms with Crippen LogP contribution in [0.1, 0.15) is 39.1 Å². The molecule has 0 aromatic heterocycles. The average molecular weight is 338 g/mol. The van der Waals surface area contributed by atoms with E-state index in [1.165, 1.54) is 0 Å². The van der Waals surface area contributed by atoms with Gasteiger partial charge in [0.1, 0.15) is 0 Å². The molecule has 2 rings (SSSR count). The fourth-order valence-electron chi connectivity index (χ4n) is 2.41. The lowest BCUT2D eigenvalue weighted by molar-refractivity contribution is -0.121. The second-order valence-electron chi connectivity index (χ2n) is 5.71. The van der Waals surface area contributed by atoms with E-state index >= 15 is 0 Å². The van der Waals surface area contributed by atoms with E-state index in [-0.39, 0.29) is 30.4 Å². The predicted octanol–water partition coefficient (Wildman–Crippen LogP) is 2.50. The molecule has 130 valence electrons. The molecule has 2 aromatic carbocycles. The van der Waals surface area contributed by atoms with E-state index in [2.05, 4.69) is 10.6 Å². The molecular weight excluding hydrogens is 316 g/mol. The predicted molar refractivity (Wildman–Crippen MR) is 96.5 cm³/mol. The van der Waals surface area contributed by atoms with Gasteiger partial charge >= 0.3 is 0 Å². The highest BCUT2D eigenvalue weighted by Crippen LogP contribution is 2.10. The highest BCUT2D eigenvalue weighted by Gasteiger charge is 2.11. The third kappa shape index (κ3) is 5.88. The van der Waals surface area contributed by atoms with Gasteiger partial charge in [0.15, 0.2) is 5.78 Å². The molecule has 0 aliphatic heterocycles. The highest BCUT2D eigenvalue weighted by atomic mass is 16.2. The van der Waals surface area contributed by atoms with Gasteiger partial charge in [0.05, 0.1) is 0 Å². The Morgan fingerprint density at radius 1 is 0.800 bits per heavy atom. The van der Waals surface area contributed by atoms with Crippen LogP contribution in [0.2, 0.25) is 0 Å². The number of amides is 2. The largest absolute Gasteiger partial charge is 0.354 e. The summed E-state index contributed by atoms with van der Waals surface area (Å²) in [5, 5.41) is 5.44. The molecule has 2 N–H and O–H groups in total. The summed E-state index contributed by atoms with van der Waals surface area (Å²) in [6.45, 7) is 2.55. The third-order valence-corrected chi connectivity index (χ3v) is 3.79. The van der Waals surface area contributed by atoms with Crippen molar-refractivity contribution in [2.24, 2.45) is 0 Å². The van der Waals surface area contributed by atoms with Gasteiger partial charge in [0.2, 0.25) is 5.91 Å². The first-order valence-corrected chi connectivity index (χ1v) is 8.26. The minimum atomic E-state index is -0.198. The molecule has 25 heavy (non-hydrogen) atoms. The van der Waals surface area contributed by atoms with Gasteiger partial charge in [0.25, 0.3) is 5.91 Å². The number of Topliss-reactive ketones (excluding diaryl/α,β-unsaturated/α-hetero) is 1. The summed E-state index contributed by atoms with van der Waals surface area (Å²) in [7, 11) is 0. The maximum Gasteiger partial charge on any atom is 0.251 e. The second-order valence-corrected chi connectivity index (χ2v) is 5.71. The Kier molecular flexibility index (Phi) is 6.89. The molecule has 0 bridgehead atoms. The zero-order chi connectivity index (χ0) is 18.1. The summed E-state index contributed by atoms with van der Waals surface area (Å²) in [6, 6.07) is 16.2. The van der Waals surface area contributed by atoms with Crippen LogP contribution in [0.25, 0.3) is 0 Å². The number of benzene rings is 2. The molecule has 0 saturated heterocycles. The summed E-state index contributed by atoms with van der Waals surface area (Å²) in [5.74, 6) is -0.411. The number of rotatable bonds is 8. The van der Waals surface area contributed by atoms with Gasteiger partial charge in [-0.3, -0.25) is 14.4 Å². The normalized spacial score (nSPS) is 10.1. The van der Waals surface area contributed by atoms with E-state index in [0.717, 1.165) is 5.56 Å². The molecule has 0 unspecified atom stereocenters. The van der Waals surface area contributed by atoms with Crippen LogP contribution in [0.4, 0.5) is 0 Å². The van der Waals surface area contributed by atoms with Crippen molar-refractivity contribution in [3.05, 3.63) is 71.3 Å². The SMILES string of the molecule is Cc1ccccc1C(=O)CCC(=O)NCCNC(=O)c1ccccc1. The van der Waals surface area contributed by atoms with Gasteiger partial charge in [-0.05, 0) is 24.6 Å². The molecule has 0 radical (unpaired) electrons. The van der Waals surface area contributed by atoms with Crippen molar-refractivity contribution in [2.75, 3.05) is 13.1 Å². The van der Waals surface area contributed by atoms with Crippen LogP contribution in [0.5, 0.6) is 0 Å². The second kappa shape index (κ2) is 9.37. The lowest BCUT2D eigenvalue weighted by atomic mass is 10.0. The molecular formula is C20H22N2O3. The Bertz CT molecular complexity index is 742. The van der Waals surface area contributed by atoms with Crippen molar-refractivity contribution in [3.63, 3.8) is 0 Å². The van der Waals surface area contributed by atoms with Gasteiger partial charge in [-0.2, -0.15) is 0 Å². The van der Waals surface area contributed by atoms with E-state index in [9.17, 15) is 14.4 Å². The fourth-order valence-corrected chi connectivity index (χ4v) is 2.41. The van der Waals surface area contributed by atoms with Gasteiger partial charge in [-0.15, -0.1) is 0 Å². The minimum Gasteiger partial charge on any atom is -0.354 e. The number of ketones is 1. The number of carbonyl (C=O) groups is 3. The van der Waals surface area contributed by atoms with Crippen LogP contribution in [-0.2, 0) is 4.79 Å². The first-order chi connectivity index (χ1) is 12.1. The van der Waals surface area contributed by atoms with E-state index in [0.29, 0.717) is 24.2 Å². The van der Waals surface area contributed by atoms with E-state index in [4.69, 9.17) is 0 Å². The number of hydrogen-bond acceptors (Lipinski definition) is 3. The van der Waals surface area contributed by atoms with Crippen molar-refractivity contribution in [3.8, 4) is 0 Å². The van der Waals surface area contributed by atoms with Crippen LogP contribution in [-0.4, -0.2) is 30.7 Å². The van der Waals surface area contributed by atoms with E-state index < -0.39 is 0 Å². The van der Waals surface area contributed by atoms with Crippen LogP contribution >= 0.6 is 0 Å². The molecule has 0 spiro atoms. The summed E-state index contributed by atoms with van der Waals surface area (Å²) < 4.78 is 0. The first-order valence-electron chi connectivity index (χ1n) is 8.26. The molecule has 2 aromatic rings. The zero-order valence-corrected chi connectivity index (χ0v) is 14.2. The molecule has 0 fully saturated rings. The monoisotopic (exact) mass is 338 g/mol. The number of nitrogens with one attached hydrogen (secondary N) is 2. The lowest BCUT2D eigenvalue weighted by Crippen LogP contribution is -2.34. The smallest absolute Gasteiger partial charge is 0.251 e. The van der Waals surface area contributed by atoms with Crippen molar-refractivity contribution < 1.29 is 14.4 Å². The first kappa shape index (κ1) is 18.4. The average Bonchev–Trinajstić information content (AvgIpc) is 2.64. The maximum absolute atomic E-state index is 12.1. The molecule has 0 atom stereocenters. The van der Waals surface area contributed by atoms with Crippen molar-refractivity contribution in [2.45, 2.75) is 19.8 Å². The van der Waals surface area contributed by atoms with Gasteiger partial charge in [-0.25, -0.2) is 0 Å². The van der Waals surface area contributed by atoms with Gasteiger partial charge < -0.3 is 10.6 Å². The molecule has 5 nitrogen and oxygen atoms in total. The molecule has 0 heterocycles. The van der Waals surface area contributed by atoms with Crippen molar-refractivity contribution in [1.82, 2.24) is 10.6 Å². The Morgan fingerprint density at radius 2 is 1.44 bits per heavy atom. The topological polar surface area (TPSA) is 75.3 Å². The Labute approximate surface area is 147 Å².